The first kappa shape index (κ1) is 13.4. The molecule has 0 saturated carbocycles. The second-order valence-corrected chi connectivity index (χ2v) is 5.19. The van der Waals surface area contributed by atoms with Crippen LogP contribution in [-0.4, -0.2) is 4.98 Å². The topological polar surface area (TPSA) is 24.9 Å². The molecule has 1 N–H and O–H groups in total. The fourth-order valence-electron chi connectivity index (χ4n) is 1.37. The Balaban J connectivity index is 2.15. The molecule has 0 amide bonds. The van der Waals surface area contributed by atoms with Gasteiger partial charge in [-0.2, -0.15) is 13.2 Å². The van der Waals surface area contributed by atoms with Crippen molar-refractivity contribution in [2.45, 2.75) is 12.7 Å². The summed E-state index contributed by atoms with van der Waals surface area (Å²) < 4.78 is 38.2. The number of hydrogen-bond donors (Lipinski definition) is 1. The smallest absolute Gasteiger partial charge is 0.379 e. The highest BCUT2D eigenvalue weighted by molar-refractivity contribution is 9.10. The maximum Gasteiger partial charge on any atom is 0.416 e. The van der Waals surface area contributed by atoms with Crippen molar-refractivity contribution in [2.75, 3.05) is 5.32 Å². The number of thiazole rings is 1. The van der Waals surface area contributed by atoms with Gasteiger partial charge in [0, 0.05) is 15.5 Å². The number of alkyl halides is 3. The van der Waals surface area contributed by atoms with Crippen LogP contribution >= 0.6 is 27.3 Å². The predicted molar refractivity (Wildman–Crippen MR) is 68.6 cm³/mol. The molecule has 18 heavy (non-hydrogen) atoms. The Hall–Kier alpha value is -1.08. The third kappa shape index (κ3) is 3.46. The predicted octanol–water partition coefficient (Wildman–Crippen LogP) is 4.54. The van der Waals surface area contributed by atoms with Gasteiger partial charge in [-0.1, -0.05) is 15.9 Å². The summed E-state index contributed by atoms with van der Waals surface area (Å²) in [6.45, 7) is 0.400. The maximum atomic E-state index is 12.6. The number of nitrogens with one attached hydrogen (secondary N) is 1. The van der Waals surface area contributed by atoms with Crippen LogP contribution in [0.15, 0.2) is 33.6 Å². The van der Waals surface area contributed by atoms with Crippen LogP contribution in [0.2, 0.25) is 0 Å². The molecule has 1 aromatic carbocycles. The van der Waals surface area contributed by atoms with Crippen LogP contribution < -0.4 is 5.32 Å². The molecule has 0 unspecified atom stereocenters. The summed E-state index contributed by atoms with van der Waals surface area (Å²) in [5.74, 6) is 0. The highest BCUT2D eigenvalue weighted by Gasteiger charge is 2.31. The fourth-order valence-corrected chi connectivity index (χ4v) is 2.42. The molecule has 96 valence electrons. The van der Waals surface area contributed by atoms with E-state index in [0.717, 1.165) is 17.8 Å². The van der Waals surface area contributed by atoms with E-state index in [9.17, 15) is 13.2 Å². The minimum atomic E-state index is -4.35. The molecule has 0 aliphatic heterocycles. The Kier molecular flexibility index (Phi) is 3.91. The van der Waals surface area contributed by atoms with Crippen molar-refractivity contribution in [3.8, 4) is 0 Å². The Labute approximate surface area is 114 Å². The molecular weight excluding hydrogens is 329 g/mol. The zero-order chi connectivity index (χ0) is 13.2. The monoisotopic (exact) mass is 336 g/mol. The number of aromatic nitrogens is 1. The largest absolute Gasteiger partial charge is 0.416 e. The average Bonchev–Trinajstić information content (AvgIpc) is 2.77. The summed E-state index contributed by atoms with van der Waals surface area (Å²) in [5.41, 5.74) is 2.20. The number of hydrogen-bond acceptors (Lipinski definition) is 3. The van der Waals surface area contributed by atoms with E-state index < -0.39 is 11.7 Å². The SMILES string of the molecule is FC(F)(F)c1cc(Br)cc(NCc2cscn2)c1. The van der Waals surface area contributed by atoms with Crippen LogP contribution in [0, 0.1) is 0 Å². The van der Waals surface area contributed by atoms with Gasteiger partial charge in [0.1, 0.15) is 0 Å². The third-order valence-corrected chi connectivity index (χ3v) is 3.28. The van der Waals surface area contributed by atoms with Crippen molar-refractivity contribution in [1.82, 2.24) is 4.98 Å². The molecule has 0 saturated heterocycles. The minimum Gasteiger partial charge on any atom is -0.379 e. The van der Waals surface area contributed by atoms with E-state index in [1.807, 2.05) is 5.38 Å². The molecule has 0 aliphatic rings. The molecule has 7 heteroatoms. The van der Waals surface area contributed by atoms with Crippen molar-refractivity contribution >= 4 is 33.0 Å². The van der Waals surface area contributed by atoms with Crippen LogP contribution in [0.4, 0.5) is 18.9 Å². The highest BCUT2D eigenvalue weighted by atomic mass is 79.9. The summed E-state index contributed by atoms with van der Waals surface area (Å²) in [4.78, 5) is 4.05. The van der Waals surface area contributed by atoms with E-state index in [4.69, 9.17) is 0 Å². The normalized spacial score (nSPS) is 11.6. The van der Waals surface area contributed by atoms with Crippen LogP contribution in [0.5, 0.6) is 0 Å². The molecule has 0 fully saturated rings. The van der Waals surface area contributed by atoms with E-state index in [1.165, 1.54) is 11.3 Å². The van der Waals surface area contributed by atoms with E-state index >= 15 is 0 Å². The maximum absolute atomic E-state index is 12.6. The van der Waals surface area contributed by atoms with Gasteiger partial charge in [-0.15, -0.1) is 11.3 Å². The molecule has 2 aromatic rings. The average molecular weight is 337 g/mol. The van der Waals surface area contributed by atoms with E-state index in [0.29, 0.717) is 16.7 Å². The number of nitrogens with zero attached hydrogens (tertiary/aromatic N) is 1. The van der Waals surface area contributed by atoms with Crippen molar-refractivity contribution < 1.29 is 13.2 Å². The second-order valence-electron chi connectivity index (χ2n) is 3.56. The molecule has 2 rings (SSSR count). The van der Waals surface area contributed by atoms with Crippen LogP contribution in [-0.2, 0) is 12.7 Å². The standard InChI is InChI=1S/C11H8BrF3N2S/c12-8-1-7(11(13,14)15)2-9(3-8)16-4-10-5-18-6-17-10/h1-3,5-6,16H,4H2. The Morgan fingerprint density at radius 3 is 2.67 bits per heavy atom. The number of rotatable bonds is 3. The summed E-state index contributed by atoms with van der Waals surface area (Å²) in [7, 11) is 0. The van der Waals surface area contributed by atoms with Crippen molar-refractivity contribution in [3.05, 3.63) is 44.8 Å². The zero-order valence-electron chi connectivity index (χ0n) is 8.96. The molecule has 2 nitrogen and oxygen atoms in total. The van der Waals surface area contributed by atoms with Gasteiger partial charge in [0.2, 0.25) is 0 Å². The zero-order valence-corrected chi connectivity index (χ0v) is 11.4. The number of benzene rings is 1. The van der Waals surface area contributed by atoms with E-state index in [1.54, 1.807) is 11.6 Å². The first-order chi connectivity index (χ1) is 8.45. The molecular formula is C11H8BrF3N2S. The van der Waals surface area contributed by atoms with Crippen LogP contribution in [0.1, 0.15) is 11.3 Å². The Morgan fingerprint density at radius 1 is 1.28 bits per heavy atom. The van der Waals surface area contributed by atoms with Gasteiger partial charge in [0.25, 0.3) is 0 Å². The lowest BCUT2D eigenvalue weighted by Crippen LogP contribution is -2.07. The van der Waals surface area contributed by atoms with Crippen molar-refractivity contribution in [2.24, 2.45) is 0 Å². The van der Waals surface area contributed by atoms with Crippen molar-refractivity contribution in [1.29, 1.82) is 0 Å². The van der Waals surface area contributed by atoms with E-state index in [-0.39, 0.29) is 0 Å². The Bertz CT molecular complexity index is 526. The molecule has 0 radical (unpaired) electrons. The van der Waals surface area contributed by atoms with Gasteiger partial charge in [-0.3, -0.25) is 0 Å². The summed E-state index contributed by atoms with van der Waals surface area (Å²) >= 11 is 4.52. The van der Waals surface area contributed by atoms with Gasteiger partial charge in [0.05, 0.1) is 23.3 Å². The van der Waals surface area contributed by atoms with Gasteiger partial charge >= 0.3 is 6.18 Å². The number of halogens is 4. The number of anilines is 1. The summed E-state index contributed by atoms with van der Waals surface area (Å²) in [5, 5.41) is 4.76. The summed E-state index contributed by atoms with van der Waals surface area (Å²) in [6.07, 6.45) is -4.35. The quantitative estimate of drug-likeness (QED) is 0.890. The lowest BCUT2D eigenvalue weighted by atomic mass is 10.2. The van der Waals surface area contributed by atoms with Crippen LogP contribution in [0.3, 0.4) is 0 Å². The van der Waals surface area contributed by atoms with Crippen molar-refractivity contribution in [3.63, 3.8) is 0 Å². The lowest BCUT2D eigenvalue weighted by Gasteiger charge is -2.11. The molecule has 0 aliphatic carbocycles. The van der Waals surface area contributed by atoms with Gasteiger partial charge < -0.3 is 5.32 Å². The fraction of sp³-hybridized carbons (Fsp3) is 0.182. The lowest BCUT2D eigenvalue weighted by molar-refractivity contribution is -0.137. The second kappa shape index (κ2) is 5.27. The van der Waals surface area contributed by atoms with Crippen LogP contribution in [0.25, 0.3) is 0 Å². The van der Waals surface area contributed by atoms with Gasteiger partial charge in [-0.25, -0.2) is 4.98 Å². The molecule has 0 bridgehead atoms. The van der Waals surface area contributed by atoms with Gasteiger partial charge in [-0.05, 0) is 18.2 Å². The summed E-state index contributed by atoms with van der Waals surface area (Å²) in [6, 6.07) is 3.73. The molecule has 1 aromatic heterocycles. The third-order valence-electron chi connectivity index (χ3n) is 2.18. The van der Waals surface area contributed by atoms with E-state index in [2.05, 4.69) is 26.2 Å². The Morgan fingerprint density at radius 2 is 2.06 bits per heavy atom. The molecule has 1 heterocycles. The minimum absolute atomic E-state index is 0.387. The molecule has 0 spiro atoms. The first-order valence-electron chi connectivity index (χ1n) is 4.94. The molecule has 0 atom stereocenters. The van der Waals surface area contributed by atoms with Gasteiger partial charge in [0.15, 0.2) is 0 Å². The highest BCUT2D eigenvalue weighted by Crippen LogP contribution is 2.33. The first-order valence-corrected chi connectivity index (χ1v) is 6.67.